The molecule has 8 atom stereocenters. The van der Waals surface area contributed by atoms with Gasteiger partial charge in [-0.2, -0.15) is 0 Å². The van der Waals surface area contributed by atoms with Crippen molar-refractivity contribution in [2.45, 2.75) is 89.7 Å². The smallest absolute Gasteiger partial charge is 0.264 e. The summed E-state index contributed by atoms with van der Waals surface area (Å²) in [4.78, 5) is 29.8. The third-order valence-electron chi connectivity index (χ3n) is 13.3. The number of halogens is 1. The van der Waals surface area contributed by atoms with Gasteiger partial charge in [-0.25, -0.2) is 13.1 Å². The average molecular weight is 744 g/mol. The van der Waals surface area contributed by atoms with Crippen molar-refractivity contribution in [3.05, 3.63) is 47.0 Å². The Kier molecular flexibility index (Phi) is 10.6. The Bertz CT molecular complexity index is 1660. The van der Waals surface area contributed by atoms with Crippen LogP contribution < -0.4 is 14.4 Å². The third-order valence-corrected chi connectivity index (χ3v) is 15.5. The second kappa shape index (κ2) is 14.7. The molecule has 3 fully saturated rings. The van der Waals surface area contributed by atoms with E-state index in [4.69, 9.17) is 25.8 Å². The summed E-state index contributed by atoms with van der Waals surface area (Å²) in [5.41, 5.74) is 0.986. The monoisotopic (exact) mass is 743 g/mol. The fourth-order valence-corrected chi connectivity index (χ4v) is 11.3. The SMILES string of the molecule is CC(=O)N(C)C1COC([C@H]2CCC[C@H](C)[C@@H](C)S(=O)(=O)NC(=O)c3ccc4c(c3)N(C[C@@H]3CCC32)C[C@@]2(CCCC3C=C(Cl)C=CC32)CO4)OC1. The molecule has 3 aliphatic heterocycles. The van der Waals surface area contributed by atoms with Crippen LogP contribution in [0, 0.1) is 40.9 Å². The molecule has 6 aliphatic rings. The molecular weight excluding hydrogens is 690 g/mol. The summed E-state index contributed by atoms with van der Waals surface area (Å²) in [5, 5.41) is 0.0420. The van der Waals surface area contributed by atoms with Gasteiger partial charge in [-0.3, -0.25) is 9.59 Å². The zero-order valence-corrected chi connectivity index (χ0v) is 32.0. The van der Waals surface area contributed by atoms with Gasteiger partial charge < -0.3 is 24.0 Å². The molecule has 1 N–H and O–H groups in total. The van der Waals surface area contributed by atoms with Crippen LogP contribution in [-0.2, 0) is 24.3 Å². The van der Waals surface area contributed by atoms with Gasteiger partial charge in [0.1, 0.15) is 5.75 Å². The molecule has 1 spiro atoms. The Balaban J connectivity index is 1.23. The van der Waals surface area contributed by atoms with Crippen LogP contribution >= 0.6 is 11.6 Å². The van der Waals surface area contributed by atoms with E-state index in [1.807, 2.05) is 25.1 Å². The minimum absolute atomic E-state index is 0.0153. The number of allylic oxidation sites excluding steroid dienone is 4. The van der Waals surface area contributed by atoms with E-state index in [2.05, 4.69) is 21.8 Å². The van der Waals surface area contributed by atoms with Crippen molar-refractivity contribution in [2.24, 2.45) is 40.9 Å². The highest BCUT2D eigenvalue weighted by Gasteiger charge is 2.50. The van der Waals surface area contributed by atoms with Gasteiger partial charge in [0.2, 0.25) is 15.9 Å². The van der Waals surface area contributed by atoms with Crippen molar-refractivity contribution in [3.63, 3.8) is 0 Å². The number of carbonyl (C=O) groups excluding carboxylic acids is 2. The van der Waals surface area contributed by atoms with Crippen LogP contribution in [0.4, 0.5) is 5.69 Å². The molecular formula is C39H54ClN3O7S. The van der Waals surface area contributed by atoms with Gasteiger partial charge in [0, 0.05) is 49.0 Å². The fraction of sp³-hybridized carbons (Fsp3) is 0.692. The summed E-state index contributed by atoms with van der Waals surface area (Å²) >= 11 is 6.50. The van der Waals surface area contributed by atoms with Crippen molar-refractivity contribution in [1.29, 1.82) is 0 Å². The lowest BCUT2D eigenvalue weighted by Crippen LogP contribution is -2.53. The molecule has 3 unspecified atom stereocenters. The highest BCUT2D eigenvalue weighted by atomic mass is 35.5. The molecule has 280 valence electrons. The maximum Gasteiger partial charge on any atom is 0.264 e. The van der Waals surface area contributed by atoms with E-state index < -0.39 is 21.2 Å². The number of nitrogens with one attached hydrogen (secondary N) is 1. The number of likely N-dealkylation sites (N-methyl/N-ethyl adjacent to an activating group) is 1. The number of ether oxygens (including phenoxy) is 3. The molecule has 10 nitrogen and oxygen atoms in total. The highest BCUT2D eigenvalue weighted by molar-refractivity contribution is 7.90. The van der Waals surface area contributed by atoms with E-state index in [1.54, 1.807) is 31.9 Å². The number of fused-ring (bicyclic) bond motifs is 4. The van der Waals surface area contributed by atoms with Gasteiger partial charge in [-0.1, -0.05) is 43.5 Å². The Hall–Kier alpha value is -2.60. The quantitative estimate of drug-likeness (QED) is 0.386. The molecule has 3 aliphatic carbocycles. The lowest BCUT2D eigenvalue weighted by molar-refractivity contribution is -0.241. The summed E-state index contributed by atoms with van der Waals surface area (Å²) in [6.07, 6.45) is 13.8. The summed E-state index contributed by atoms with van der Waals surface area (Å²) in [7, 11) is -2.14. The van der Waals surface area contributed by atoms with Gasteiger partial charge in [-0.05, 0) is 99.3 Å². The van der Waals surface area contributed by atoms with Crippen molar-refractivity contribution in [2.75, 3.05) is 44.9 Å². The van der Waals surface area contributed by atoms with E-state index in [1.165, 1.54) is 0 Å². The molecule has 0 aromatic heterocycles. The number of sulfonamides is 1. The minimum Gasteiger partial charge on any atom is -0.491 e. The Morgan fingerprint density at radius 1 is 1.06 bits per heavy atom. The van der Waals surface area contributed by atoms with Gasteiger partial charge in [0.25, 0.3) is 5.91 Å². The summed E-state index contributed by atoms with van der Waals surface area (Å²) in [6.45, 7) is 8.15. The van der Waals surface area contributed by atoms with Crippen LogP contribution in [0.3, 0.4) is 0 Å². The van der Waals surface area contributed by atoms with Crippen molar-refractivity contribution in [1.82, 2.24) is 9.62 Å². The number of anilines is 1. The number of hydrogen-bond donors (Lipinski definition) is 1. The molecule has 1 aromatic rings. The predicted molar refractivity (Wildman–Crippen MR) is 197 cm³/mol. The summed E-state index contributed by atoms with van der Waals surface area (Å²) in [5.74, 6) is 1.41. The van der Waals surface area contributed by atoms with Crippen LogP contribution in [-0.4, -0.2) is 82.7 Å². The molecule has 0 radical (unpaired) electrons. The average Bonchev–Trinajstić information content (AvgIpc) is 3.25. The first-order chi connectivity index (χ1) is 24.3. The molecule has 12 heteroatoms. The number of benzene rings is 1. The number of amides is 2. The van der Waals surface area contributed by atoms with Gasteiger partial charge in [-0.15, -0.1) is 0 Å². The zero-order valence-electron chi connectivity index (χ0n) is 30.4. The van der Waals surface area contributed by atoms with Crippen LogP contribution in [0.2, 0.25) is 0 Å². The molecule has 1 aromatic carbocycles. The Morgan fingerprint density at radius 2 is 1.84 bits per heavy atom. The highest BCUT2D eigenvalue weighted by Crippen LogP contribution is 2.53. The molecule has 51 heavy (non-hydrogen) atoms. The van der Waals surface area contributed by atoms with Crippen molar-refractivity contribution >= 4 is 39.1 Å². The van der Waals surface area contributed by atoms with Crippen molar-refractivity contribution in [3.8, 4) is 5.75 Å². The molecule has 2 bridgehead atoms. The predicted octanol–water partition coefficient (Wildman–Crippen LogP) is 6.11. The zero-order chi connectivity index (χ0) is 36.1. The minimum atomic E-state index is -3.93. The van der Waals surface area contributed by atoms with Gasteiger partial charge in [0.05, 0.1) is 36.8 Å². The number of rotatable bonds is 2. The first kappa shape index (κ1) is 36.7. The van der Waals surface area contributed by atoms with Crippen LogP contribution in [0.25, 0.3) is 0 Å². The largest absolute Gasteiger partial charge is 0.491 e. The van der Waals surface area contributed by atoms with Gasteiger partial charge in [0.15, 0.2) is 6.29 Å². The first-order valence-corrected chi connectivity index (χ1v) is 20.9. The normalized spacial score (nSPS) is 38.1. The number of hydrogen-bond acceptors (Lipinski definition) is 8. The second-order valence-electron chi connectivity index (χ2n) is 16.3. The van der Waals surface area contributed by atoms with E-state index in [-0.39, 0.29) is 41.4 Å². The molecule has 3 heterocycles. The van der Waals surface area contributed by atoms with Crippen LogP contribution in [0.1, 0.15) is 82.5 Å². The van der Waals surface area contributed by atoms with Crippen LogP contribution in [0.5, 0.6) is 5.75 Å². The number of nitrogens with zero attached hydrogens (tertiary/aromatic N) is 2. The molecule has 7 rings (SSSR count). The second-order valence-corrected chi connectivity index (χ2v) is 18.8. The Morgan fingerprint density at radius 3 is 2.57 bits per heavy atom. The van der Waals surface area contributed by atoms with E-state index in [0.29, 0.717) is 49.6 Å². The van der Waals surface area contributed by atoms with Crippen molar-refractivity contribution < 1.29 is 32.2 Å². The summed E-state index contributed by atoms with van der Waals surface area (Å²) in [6, 6.07) is 5.23. The topological polar surface area (TPSA) is 114 Å². The standard InChI is InChI=1S/C39H54ClN3O7S/c1-24-7-5-9-33(38-48-20-31(21-49-38)42(4)26(3)44)32-13-10-29(32)19-43-22-39(16-6-8-27-17-30(40)12-14-34(27)39)23-50-36-15-11-28(18-35(36)43)37(45)41-51(46,47)25(24)2/h11-12,14-15,17-18,24-25,27,29,31-34,38H,5-10,13,16,19-23H2,1-4H3,(H,41,45)/t24-,25+,27?,29-,31?,32?,33-,34?,38?,39-/m0/s1. The lowest BCUT2D eigenvalue weighted by atomic mass is 9.60. The van der Waals surface area contributed by atoms with E-state index in [9.17, 15) is 18.0 Å². The summed E-state index contributed by atoms with van der Waals surface area (Å²) < 4.78 is 49.0. The molecule has 2 saturated carbocycles. The van der Waals surface area contributed by atoms with Crippen LogP contribution in [0.15, 0.2) is 41.5 Å². The van der Waals surface area contributed by atoms with E-state index >= 15 is 0 Å². The fourth-order valence-electron chi connectivity index (χ4n) is 9.71. The maximum absolute atomic E-state index is 13.6. The van der Waals surface area contributed by atoms with E-state index in [0.717, 1.165) is 74.5 Å². The number of carbonyl (C=O) groups is 2. The first-order valence-electron chi connectivity index (χ1n) is 18.9. The molecule has 1 saturated heterocycles. The Labute approximate surface area is 308 Å². The third kappa shape index (κ3) is 7.34. The molecule has 2 amide bonds. The maximum atomic E-state index is 13.6. The lowest BCUT2D eigenvalue weighted by Gasteiger charge is -2.51. The van der Waals surface area contributed by atoms with Gasteiger partial charge >= 0.3 is 0 Å².